The number of unbranched alkanes of at least 4 members (excludes halogenated alkanes) is 1. The highest BCUT2D eigenvalue weighted by Crippen LogP contribution is 2.34. The Bertz CT molecular complexity index is 1890. The van der Waals surface area contributed by atoms with Gasteiger partial charge in [-0.3, -0.25) is 14.0 Å². The quantitative estimate of drug-likeness (QED) is 0.114. The van der Waals surface area contributed by atoms with Gasteiger partial charge in [0.1, 0.15) is 12.4 Å². The third kappa shape index (κ3) is 10.9. The smallest absolute Gasteiger partial charge is 0.251 e. The molecule has 4 aromatic rings. The van der Waals surface area contributed by atoms with Gasteiger partial charge < -0.3 is 24.4 Å². The van der Waals surface area contributed by atoms with E-state index in [-0.39, 0.29) is 5.91 Å². The van der Waals surface area contributed by atoms with Crippen molar-refractivity contribution in [1.29, 1.82) is 0 Å². The number of anilines is 2. The normalized spacial score (nSPS) is 16.4. The summed E-state index contributed by atoms with van der Waals surface area (Å²) in [5, 5.41) is 3.12. The van der Waals surface area contributed by atoms with Gasteiger partial charge in [-0.15, -0.1) is 0 Å². The van der Waals surface area contributed by atoms with Crippen molar-refractivity contribution >= 4 is 34.2 Å². The molecule has 1 atom stereocenters. The number of rotatable bonds is 16. The third-order valence-corrected chi connectivity index (χ3v) is 11.6. The van der Waals surface area contributed by atoms with Crippen LogP contribution in [0.5, 0.6) is 5.75 Å². The first-order valence-corrected chi connectivity index (χ1v) is 20.9. The lowest BCUT2D eigenvalue weighted by Gasteiger charge is -2.33. The van der Waals surface area contributed by atoms with Gasteiger partial charge >= 0.3 is 0 Å². The minimum Gasteiger partial charge on any atom is -0.491 e. The van der Waals surface area contributed by atoms with Crippen molar-refractivity contribution in [1.82, 2.24) is 4.98 Å². The molecule has 54 heavy (non-hydrogen) atoms. The summed E-state index contributed by atoms with van der Waals surface area (Å²) in [4.78, 5) is 21.5. The number of nitrogens with one attached hydrogen (secondary N) is 1. The number of aryl methyl sites for hydroxylation is 2. The number of hydrogen-bond donors (Lipinski definition) is 1. The predicted molar refractivity (Wildman–Crippen MR) is 220 cm³/mol. The van der Waals surface area contributed by atoms with Crippen LogP contribution in [0.3, 0.4) is 0 Å². The second-order valence-electron chi connectivity index (χ2n) is 14.3. The first-order chi connectivity index (χ1) is 26.4. The van der Waals surface area contributed by atoms with Gasteiger partial charge in [0, 0.05) is 66.6 Å². The van der Waals surface area contributed by atoms with E-state index in [1.807, 2.05) is 49.5 Å². The van der Waals surface area contributed by atoms with Gasteiger partial charge in [-0.05, 0) is 140 Å². The van der Waals surface area contributed by atoms with E-state index in [0.29, 0.717) is 37.0 Å². The Hall–Kier alpha value is -4.31. The molecular weight excluding hydrogens is 695 g/mol. The Balaban J connectivity index is 1.18. The van der Waals surface area contributed by atoms with E-state index in [1.165, 1.54) is 5.56 Å². The van der Waals surface area contributed by atoms with E-state index in [9.17, 15) is 9.00 Å². The van der Waals surface area contributed by atoms with Gasteiger partial charge in [0.2, 0.25) is 0 Å². The molecule has 286 valence electrons. The summed E-state index contributed by atoms with van der Waals surface area (Å²) in [7, 11) is -1.22. The fourth-order valence-electron chi connectivity index (χ4n) is 7.13. The third-order valence-electron chi connectivity index (χ3n) is 10.3. The second kappa shape index (κ2) is 19.9. The molecule has 0 saturated carbocycles. The first-order valence-electron chi connectivity index (χ1n) is 19.6. The molecule has 3 aromatic carbocycles. The molecule has 8 nitrogen and oxygen atoms in total. The van der Waals surface area contributed by atoms with E-state index in [2.05, 4.69) is 71.5 Å². The largest absolute Gasteiger partial charge is 0.491 e. The van der Waals surface area contributed by atoms with E-state index in [4.69, 9.17) is 14.2 Å². The molecule has 0 bridgehead atoms. The van der Waals surface area contributed by atoms with Crippen molar-refractivity contribution in [2.45, 2.75) is 76.4 Å². The molecular formula is C45H55N3O5S. The van der Waals surface area contributed by atoms with Crippen molar-refractivity contribution in [3.63, 3.8) is 0 Å². The number of carbonyl (C=O) groups excluding carboxylic acids is 1. The lowest BCUT2D eigenvalue weighted by atomic mass is 9.94. The summed E-state index contributed by atoms with van der Waals surface area (Å²) in [6.45, 7) is 11.6. The lowest BCUT2D eigenvalue weighted by Crippen LogP contribution is -2.34. The van der Waals surface area contributed by atoms with E-state index < -0.39 is 10.8 Å². The minimum absolute atomic E-state index is 0.114. The number of ether oxygens (including phenoxy) is 3. The average Bonchev–Trinajstić information content (AvgIpc) is 3.19. The Morgan fingerprint density at radius 3 is 2.48 bits per heavy atom. The maximum Gasteiger partial charge on any atom is 0.251 e. The molecule has 2 aliphatic rings. The molecule has 1 unspecified atom stereocenters. The van der Waals surface area contributed by atoms with Crippen LogP contribution in [0, 0.1) is 12.8 Å². The zero-order chi connectivity index (χ0) is 37.7. The number of benzene rings is 3. The fourth-order valence-corrected chi connectivity index (χ4v) is 8.28. The van der Waals surface area contributed by atoms with Crippen molar-refractivity contribution < 1.29 is 23.2 Å². The Morgan fingerprint density at radius 2 is 1.72 bits per heavy atom. The van der Waals surface area contributed by atoms with Gasteiger partial charge in [0.05, 0.1) is 23.2 Å². The van der Waals surface area contributed by atoms with Gasteiger partial charge in [-0.1, -0.05) is 38.5 Å². The van der Waals surface area contributed by atoms with Gasteiger partial charge in [-0.25, -0.2) is 0 Å². The van der Waals surface area contributed by atoms with E-state index >= 15 is 0 Å². The predicted octanol–water partition coefficient (Wildman–Crippen LogP) is 9.17. The molecule has 9 heteroatoms. The molecule has 2 aliphatic heterocycles. The van der Waals surface area contributed by atoms with Crippen molar-refractivity contribution in [3.05, 3.63) is 107 Å². The van der Waals surface area contributed by atoms with Gasteiger partial charge in [-0.2, -0.15) is 0 Å². The highest BCUT2D eigenvalue weighted by molar-refractivity contribution is 7.84. The molecule has 3 heterocycles. The standard InChI is InChI=1S/C45H55N3O5S/c1-4-6-22-51-25-26-53-42-14-9-36(10-15-42)37-11-18-44-39(28-37)29-38(8-7-21-48(44)31-34-19-23-52-24-20-34)45(49)47-41-12-16-43(17-13-41)54(50)32-40-30-46-33(3)27-35(40)5-2/h9-18,27-30,34H,4-8,19-26,31-32H2,1-3H3,(H,47,49)/b38-29+. The zero-order valence-corrected chi connectivity index (χ0v) is 32.9. The number of pyridine rings is 1. The van der Waals surface area contributed by atoms with Crippen LogP contribution in [0.4, 0.5) is 11.4 Å². The molecule has 6 rings (SSSR count). The number of hydrogen-bond acceptors (Lipinski definition) is 7. The van der Waals surface area contributed by atoms with Crippen LogP contribution < -0.4 is 15.0 Å². The molecule has 1 fully saturated rings. The number of amides is 1. The fraction of sp³-hybridized carbons (Fsp3) is 0.422. The average molecular weight is 750 g/mol. The monoisotopic (exact) mass is 749 g/mol. The molecule has 0 spiro atoms. The SMILES string of the molecule is CCCCOCCOc1ccc(-c2ccc3c(c2)/C=C(/C(=O)Nc2ccc(S(=O)Cc4cnc(C)cc4CC)cc2)CCCN3CC2CCOCC2)cc1. The molecule has 1 saturated heterocycles. The topological polar surface area (TPSA) is 90.0 Å². The summed E-state index contributed by atoms with van der Waals surface area (Å²) in [5.41, 5.74) is 8.94. The maximum atomic E-state index is 13.9. The molecule has 1 N–H and O–H groups in total. The lowest BCUT2D eigenvalue weighted by molar-refractivity contribution is -0.112. The van der Waals surface area contributed by atoms with E-state index in [0.717, 1.165) is 121 Å². The minimum atomic E-state index is -1.22. The van der Waals surface area contributed by atoms with Crippen molar-refractivity contribution in [3.8, 4) is 16.9 Å². The number of aromatic nitrogens is 1. The van der Waals surface area contributed by atoms with Crippen LogP contribution in [-0.4, -0.2) is 61.2 Å². The second-order valence-corrected chi connectivity index (χ2v) is 15.8. The first kappa shape index (κ1) is 39.4. The van der Waals surface area contributed by atoms with Gasteiger partial charge in [0.15, 0.2) is 0 Å². The molecule has 0 radical (unpaired) electrons. The maximum absolute atomic E-state index is 13.9. The van der Waals surface area contributed by atoms with Crippen molar-refractivity contribution in [2.75, 3.05) is 56.3 Å². The van der Waals surface area contributed by atoms with Crippen LogP contribution >= 0.6 is 0 Å². The summed E-state index contributed by atoms with van der Waals surface area (Å²) >= 11 is 0. The van der Waals surface area contributed by atoms with Crippen LogP contribution in [0.1, 0.15) is 74.8 Å². The number of carbonyl (C=O) groups is 1. The zero-order valence-electron chi connectivity index (χ0n) is 32.1. The molecule has 1 aromatic heterocycles. The Morgan fingerprint density at radius 1 is 0.944 bits per heavy atom. The van der Waals surface area contributed by atoms with Crippen LogP contribution in [-0.2, 0) is 37.2 Å². The number of fused-ring (bicyclic) bond motifs is 1. The van der Waals surface area contributed by atoms with Crippen LogP contribution in [0.15, 0.2) is 89.5 Å². The summed E-state index contributed by atoms with van der Waals surface area (Å²) in [6, 6.07) is 24.3. The highest BCUT2D eigenvalue weighted by Gasteiger charge is 2.23. The molecule has 1 amide bonds. The summed E-state index contributed by atoms with van der Waals surface area (Å²) < 4.78 is 30.5. The number of nitrogens with zero attached hydrogens (tertiary/aromatic N) is 2. The van der Waals surface area contributed by atoms with E-state index in [1.54, 1.807) is 0 Å². The van der Waals surface area contributed by atoms with Crippen LogP contribution in [0.25, 0.3) is 17.2 Å². The summed E-state index contributed by atoms with van der Waals surface area (Å²) in [6.07, 6.45) is 10.7. The van der Waals surface area contributed by atoms with Gasteiger partial charge in [0.25, 0.3) is 5.91 Å². The highest BCUT2D eigenvalue weighted by atomic mass is 32.2. The Kier molecular flexibility index (Phi) is 14.5. The molecule has 0 aliphatic carbocycles. The summed E-state index contributed by atoms with van der Waals surface area (Å²) in [5.74, 6) is 1.70. The van der Waals surface area contributed by atoms with Crippen molar-refractivity contribution in [2.24, 2.45) is 5.92 Å². The van der Waals surface area contributed by atoms with Crippen LogP contribution in [0.2, 0.25) is 0 Å². The Labute approximate surface area is 323 Å².